The van der Waals surface area contributed by atoms with Gasteiger partial charge in [0, 0.05) is 11.9 Å². The molecule has 7 heteroatoms. The first-order valence-corrected chi connectivity index (χ1v) is 6.40. The van der Waals surface area contributed by atoms with E-state index in [0.29, 0.717) is 23.9 Å². The van der Waals surface area contributed by atoms with E-state index in [-0.39, 0.29) is 5.75 Å². The van der Waals surface area contributed by atoms with Crippen LogP contribution in [0.4, 0.5) is 0 Å². The first-order valence-electron chi connectivity index (χ1n) is 5.25. The molecule has 18 heavy (non-hydrogen) atoms. The molecule has 2 heterocycles. The summed E-state index contributed by atoms with van der Waals surface area (Å²) >= 11 is 1.22. The minimum atomic E-state index is -0.853. The Balaban J connectivity index is 1.88. The second kappa shape index (κ2) is 6.15. The highest BCUT2D eigenvalue weighted by atomic mass is 32.2. The first kappa shape index (κ1) is 12.6. The fourth-order valence-electron chi connectivity index (χ4n) is 1.31. The number of hydrogen-bond donors (Lipinski definition) is 1. The summed E-state index contributed by atoms with van der Waals surface area (Å²) in [5.74, 6) is 0.569. The van der Waals surface area contributed by atoms with E-state index in [1.165, 1.54) is 11.8 Å². The lowest BCUT2D eigenvalue weighted by Crippen LogP contribution is -1.98. The standard InChI is InChI=1S/C11H11N3O3S/c15-11(16)7-18-6-10-13-9(14-17-10)5-8-3-1-2-4-12-8/h1-4H,5-7H2,(H,15,16). The van der Waals surface area contributed by atoms with Crippen LogP contribution < -0.4 is 0 Å². The molecule has 0 bridgehead atoms. The maximum atomic E-state index is 10.3. The number of carboxylic acid groups (broad SMARTS) is 1. The van der Waals surface area contributed by atoms with Gasteiger partial charge in [-0.2, -0.15) is 4.98 Å². The van der Waals surface area contributed by atoms with Crippen molar-refractivity contribution in [2.45, 2.75) is 12.2 Å². The van der Waals surface area contributed by atoms with Crippen LogP contribution in [0.5, 0.6) is 0 Å². The zero-order chi connectivity index (χ0) is 12.8. The van der Waals surface area contributed by atoms with Crippen LogP contribution in [0.15, 0.2) is 28.9 Å². The van der Waals surface area contributed by atoms with Crippen molar-refractivity contribution >= 4 is 17.7 Å². The van der Waals surface area contributed by atoms with Crippen LogP contribution in [0, 0.1) is 0 Å². The summed E-state index contributed by atoms with van der Waals surface area (Å²) < 4.78 is 5.02. The van der Waals surface area contributed by atoms with Gasteiger partial charge in [-0.1, -0.05) is 11.2 Å². The van der Waals surface area contributed by atoms with Crippen molar-refractivity contribution in [3.8, 4) is 0 Å². The molecule has 2 rings (SSSR count). The molecule has 0 saturated carbocycles. The lowest BCUT2D eigenvalue weighted by atomic mass is 10.3. The third-order valence-corrected chi connectivity index (χ3v) is 2.93. The van der Waals surface area contributed by atoms with Gasteiger partial charge in [-0.15, -0.1) is 11.8 Å². The molecule has 2 aromatic heterocycles. The van der Waals surface area contributed by atoms with Gasteiger partial charge < -0.3 is 9.63 Å². The predicted molar refractivity (Wildman–Crippen MR) is 65.1 cm³/mol. The molecule has 94 valence electrons. The average Bonchev–Trinajstić information content (AvgIpc) is 2.78. The molecule has 0 spiro atoms. The number of nitrogens with zero attached hydrogens (tertiary/aromatic N) is 3. The summed E-state index contributed by atoms with van der Waals surface area (Å²) in [7, 11) is 0. The molecule has 2 aromatic rings. The van der Waals surface area contributed by atoms with Crippen molar-refractivity contribution in [2.24, 2.45) is 0 Å². The molecule has 0 aliphatic rings. The summed E-state index contributed by atoms with van der Waals surface area (Å²) in [4.78, 5) is 18.7. The van der Waals surface area contributed by atoms with Crippen molar-refractivity contribution in [2.75, 3.05) is 5.75 Å². The maximum Gasteiger partial charge on any atom is 0.313 e. The van der Waals surface area contributed by atoms with Crippen molar-refractivity contribution in [1.29, 1.82) is 0 Å². The van der Waals surface area contributed by atoms with E-state index in [4.69, 9.17) is 9.63 Å². The summed E-state index contributed by atoms with van der Waals surface area (Å²) in [6, 6.07) is 5.62. The van der Waals surface area contributed by atoms with E-state index in [0.717, 1.165) is 5.69 Å². The van der Waals surface area contributed by atoms with Crippen molar-refractivity contribution in [3.05, 3.63) is 41.8 Å². The second-order valence-electron chi connectivity index (χ2n) is 3.49. The number of carboxylic acids is 1. The molecule has 0 aliphatic heterocycles. The zero-order valence-electron chi connectivity index (χ0n) is 9.44. The number of rotatable bonds is 6. The van der Waals surface area contributed by atoms with Gasteiger partial charge in [-0.25, -0.2) is 0 Å². The average molecular weight is 265 g/mol. The van der Waals surface area contributed by atoms with Gasteiger partial charge in [-0.05, 0) is 12.1 Å². The number of thioether (sulfide) groups is 1. The Kier molecular flexibility index (Phi) is 4.30. The van der Waals surface area contributed by atoms with Crippen LogP contribution >= 0.6 is 11.8 Å². The molecule has 0 unspecified atom stereocenters. The third kappa shape index (κ3) is 3.85. The van der Waals surface area contributed by atoms with E-state index < -0.39 is 5.97 Å². The molecule has 0 radical (unpaired) electrons. The van der Waals surface area contributed by atoms with E-state index in [9.17, 15) is 4.79 Å². The van der Waals surface area contributed by atoms with Gasteiger partial charge in [0.2, 0.25) is 5.89 Å². The van der Waals surface area contributed by atoms with Crippen LogP contribution in [0.2, 0.25) is 0 Å². The van der Waals surface area contributed by atoms with Gasteiger partial charge in [0.25, 0.3) is 0 Å². The molecule has 6 nitrogen and oxygen atoms in total. The molecule has 0 aromatic carbocycles. The van der Waals surface area contributed by atoms with Crippen LogP contribution in [0.1, 0.15) is 17.4 Å². The topological polar surface area (TPSA) is 89.1 Å². The van der Waals surface area contributed by atoms with E-state index >= 15 is 0 Å². The molecular weight excluding hydrogens is 254 g/mol. The molecule has 0 fully saturated rings. The Bertz CT molecular complexity index is 515. The first-order chi connectivity index (χ1) is 8.74. The lowest BCUT2D eigenvalue weighted by Gasteiger charge is -1.93. The second-order valence-corrected chi connectivity index (χ2v) is 4.47. The minimum absolute atomic E-state index is 0.0257. The highest BCUT2D eigenvalue weighted by molar-refractivity contribution is 7.99. The maximum absolute atomic E-state index is 10.3. The number of aliphatic carboxylic acids is 1. The summed E-state index contributed by atoms with van der Waals surface area (Å²) in [6.45, 7) is 0. The fourth-order valence-corrected chi connectivity index (χ4v) is 1.88. The predicted octanol–water partition coefficient (Wildman–Crippen LogP) is 1.37. The van der Waals surface area contributed by atoms with E-state index in [1.54, 1.807) is 6.20 Å². The number of hydrogen-bond acceptors (Lipinski definition) is 6. The Labute approximate surface area is 107 Å². The SMILES string of the molecule is O=C(O)CSCc1nc(Cc2ccccn2)no1. The van der Waals surface area contributed by atoms with Crippen molar-refractivity contribution < 1.29 is 14.4 Å². The highest BCUT2D eigenvalue weighted by Crippen LogP contribution is 2.11. The van der Waals surface area contributed by atoms with Crippen LogP contribution in [-0.2, 0) is 17.0 Å². The monoisotopic (exact) mass is 265 g/mol. The molecule has 0 atom stereocenters. The van der Waals surface area contributed by atoms with Crippen molar-refractivity contribution in [1.82, 2.24) is 15.1 Å². The van der Waals surface area contributed by atoms with E-state index in [2.05, 4.69) is 15.1 Å². The van der Waals surface area contributed by atoms with Crippen LogP contribution in [0.3, 0.4) is 0 Å². The van der Waals surface area contributed by atoms with Gasteiger partial charge in [-0.3, -0.25) is 9.78 Å². The third-order valence-electron chi connectivity index (χ3n) is 2.03. The number of carbonyl (C=O) groups is 1. The molecule has 1 N–H and O–H groups in total. The molecule has 0 aliphatic carbocycles. The van der Waals surface area contributed by atoms with Crippen molar-refractivity contribution in [3.63, 3.8) is 0 Å². The number of aromatic nitrogens is 3. The molecular formula is C11H11N3O3S. The normalized spacial score (nSPS) is 10.4. The van der Waals surface area contributed by atoms with Gasteiger partial charge in [0.1, 0.15) is 0 Å². The smallest absolute Gasteiger partial charge is 0.313 e. The van der Waals surface area contributed by atoms with Crippen LogP contribution in [0.25, 0.3) is 0 Å². The Morgan fingerprint density at radius 2 is 2.33 bits per heavy atom. The van der Waals surface area contributed by atoms with Gasteiger partial charge in [0.05, 0.1) is 17.9 Å². The Morgan fingerprint density at radius 3 is 3.06 bits per heavy atom. The lowest BCUT2D eigenvalue weighted by molar-refractivity contribution is -0.133. The zero-order valence-corrected chi connectivity index (χ0v) is 10.3. The van der Waals surface area contributed by atoms with Gasteiger partial charge >= 0.3 is 5.97 Å². The van der Waals surface area contributed by atoms with E-state index in [1.807, 2.05) is 18.2 Å². The summed E-state index contributed by atoms with van der Waals surface area (Å²) in [5, 5.41) is 12.3. The van der Waals surface area contributed by atoms with Gasteiger partial charge in [0.15, 0.2) is 5.82 Å². The largest absolute Gasteiger partial charge is 0.481 e. The highest BCUT2D eigenvalue weighted by Gasteiger charge is 2.08. The minimum Gasteiger partial charge on any atom is -0.481 e. The molecule has 0 saturated heterocycles. The summed E-state index contributed by atoms with van der Waals surface area (Å²) in [5.41, 5.74) is 0.864. The van der Waals surface area contributed by atoms with Crippen LogP contribution in [-0.4, -0.2) is 32.0 Å². The Hall–Kier alpha value is -1.89. The number of pyridine rings is 1. The Morgan fingerprint density at radius 1 is 1.44 bits per heavy atom. The quantitative estimate of drug-likeness (QED) is 0.843. The summed E-state index contributed by atoms with van der Waals surface area (Å²) in [6.07, 6.45) is 2.22. The molecule has 0 amide bonds. The fraction of sp³-hybridized carbons (Fsp3) is 0.273.